The zero-order valence-electron chi connectivity index (χ0n) is 11.4. The van der Waals surface area contributed by atoms with Crippen LogP contribution in [0.3, 0.4) is 0 Å². The molecule has 0 atom stereocenters. The molecular formula is C14H13Cl2N3O2. The van der Waals surface area contributed by atoms with Gasteiger partial charge in [0.25, 0.3) is 5.91 Å². The van der Waals surface area contributed by atoms with Gasteiger partial charge in [-0.1, -0.05) is 23.2 Å². The van der Waals surface area contributed by atoms with Crippen LogP contribution in [0.4, 0.5) is 11.5 Å². The summed E-state index contributed by atoms with van der Waals surface area (Å²) in [7, 11) is 1.50. The predicted molar refractivity (Wildman–Crippen MR) is 84.4 cm³/mol. The molecule has 0 aliphatic heterocycles. The number of hydrogen-bond acceptors (Lipinski definition) is 4. The number of halogens is 2. The third-order valence-electron chi connectivity index (χ3n) is 2.86. The van der Waals surface area contributed by atoms with E-state index in [1.165, 1.54) is 19.4 Å². The van der Waals surface area contributed by atoms with Gasteiger partial charge in [0.15, 0.2) is 0 Å². The summed E-state index contributed by atoms with van der Waals surface area (Å²) in [6.07, 6.45) is 1.35. The molecule has 2 rings (SSSR count). The molecular weight excluding hydrogens is 313 g/mol. The van der Waals surface area contributed by atoms with Crippen LogP contribution in [0.2, 0.25) is 10.0 Å². The summed E-state index contributed by atoms with van der Waals surface area (Å²) in [5.74, 6) is 0.269. The van der Waals surface area contributed by atoms with Crippen LogP contribution in [-0.4, -0.2) is 18.0 Å². The zero-order chi connectivity index (χ0) is 15.6. The fourth-order valence-corrected chi connectivity index (χ4v) is 2.02. The number of nitrogens with one attached hydrogen (secondary N) is 1. The minimum absolute atomic E-state index is 0.174. The number of carbonyl (C=O) groups is 1. The largest absolute Gasteiger partial charge is 0.495 e. The van der Waals surface area contributed by atoms with Gasteiger partial charge in [-0.25, -0.2) is 4.98 Å². The number of carbonyl (C=O) groups excluding carboxylic acids is 1. The predicted octanol–water partition coefficient (Wildman–Crippen LogP) is 3.54. The third kappa shape index (κ3) is 3.37. The molecule has 3 N–H and O–H groups in total. The molecule has 0 aliphatic rings. The maximum absolute atomic E-state index is 12.2. The molecule has 110 valence electrons. The molecule has 0 fully saturated rings. The molecule has 1 aromatic carbocycles. The number of aromatic nitrogens is 1. The second-order valence-electron chi connectivity index (χ2n) is 4.35. The van der Waals surface area contributed by atoms with Gasteiger partial charge in [-0.2, -0.15) is 0 Å². The number of pyridine rings is 1. The Labute approximate surface area is 132 Å². The van der Waals surface area contributed by atoms with Crippen LogP contribution in [-0.2, 0) is 0 Å². The SMILES string of the molecule is COc1cc(Cl)c(C)cc1NC(=O)c1cnc(N)c(Cl)c1. The molecule has 0 unspecified atom stereocenters. The lowest BCUT2D eigenvalue weighted by Gasteiger charge is -2.12. The number of rotatable bonds is 3. The Hall–Kier alpha value is -1.98. The second kappa shape index (κ2) is 6.20. The van der Waals surface area contributed by atoms with Crippen molar-refractivity contribution in [1.82, 2.24) is 4.98 Å². The first-order valence-electron chi connectivity index (χ1n) is 5.99. The van der Waals surface area contributed by atoms with Crippen molar-refractivity contribution in [3.05, 3.63) is 45.6 Å². The van der Waals surface area contributed by atoms with Crippen LogP contribution in [0.25, 0.3) is 0 Å². The van der Waals surface area contributed by atoms with E-state index in [0.29, 0.717) is 22.0 Å². The van der Waals surface area contributed by atoms with Gasteiger partial charge in [-0.3, -0.25) is 4.79 Å². The van der Waals surface area contributed by atoms with Gasteiger partial charge in [0, 0.05) is 17.3 Å². The molecule has 1 heterocycles. The van der Waals surface area contributed by atoms with Crippen LogP contribution >= 0.6 is 23.2 Å². The summed E-state index contributed by atoms with van der Waals surface area (Å²) in [6, 6.07) is 4.82. The molecule has 0 radical (unpaired) electrons. The van der Waals surface area contributed by atoms with Crippen LogP contribution in [0.5, 0.6) is 5.75 Å². The standard InChI is InChI=1S/C14H13Cl2N3O2/c1-7-3-11(12(21-2)5-9(7)15)19-14(20)8-4-10(16)13(17)18-6-8/h3-6H,1-2H3,(H2,17,18)(H,19,20). The van der Waals surface area contributed by atoms with Crippen molar-refractivity contribution in [1.29, 1.82) is 0 Å². The van der Waals surface area contributed by atoms with Crippen LogP contribution < -0.4 is 15.8 Å². The van der Waals surface area contributed by atoms with Gasteiger partial charge in [0.2, 0.25) is 0 Å². The number of ether oxygens (including phenoxy) is 1. The van der Waals surface area contributed by atoms with Crippen LogP contribution in [0.1, 0.15) is 15.9 Å². The van der Waals surface area contributed by atoms with E-state index in [1.54, 1.807) is 12.1 Å². The van der Waals surface area contributed by atoms with Crippen molar-refractivity contribution < 1.29 is 9.53 Å². The second-order valence-corrected chi connectivity index (χ2v) is 5.16. The smallest absolute Gasteiger partial charge is 0.257 e. The highest BCUT2D eigenvalue weighted by Crippen LogP contribution is 2.31. The number of nitrogens with zero attached hydrogens (tertiary/aromatic N) is 1. The molecule has 7 heteroatoms. The topological polar surface area (TPSA) is 77.2 Å². The van der Waals surface area contributed by atoms with E-state index < -0.39 is 0 Å². The highest BCUT2D eigenvalue weighted by molar-refractivity contribution is 6.33. The van der Waals surface area contributed by atoms with E-state index in [4.69, 9.17) is 33.7 Å². The molecule has 0 saturated carbocycles. The minimum Gasteiger partial charge on any atom is -0.495 e. The molecule has 0 aliphatic carbocycles. The van der Waals surface area contributed by atoms with Crippen molar-refractivity contribution in [3.63, 3.8) is 0 Å². The lowest BCUT2D eigenvalue weighted by molar-refractivity contribution is 0.102. The molecule has 0 bridgehead atoms. The molecule has 0 spiro atoms. The van der Waals surface area contributed by atoms with E-state index >= 15 is 0 Å². The van der Waals surface area contributed by atoms with E-state index in [9.17, 15) is 4.79 Å². The Morgan fingerprint density at radius 3 is 2.62 bits per heavy atom. The Morgan fingerprint density at radius 2 is 2.00 bits per heavy atom. The van der Waals surface area contributed by atoms with Gasteiger partial charge in [-0.05, 0) is 24.6 Å². The van der Waals surface area contributed by atoms with Crippen molar-refractivity contribution in [2.24, 2.45) is 0 Å². The lowest BCUT2D eigenvalue weighted by Crippen LogP contribution is -2.13. The van der Waals surface area contributed by atoms with E-state index in [0.717, 1.165) is 5.56 Å². The summed E-state index contributed by atoms with van der Waals surface area (Å²) in [4.78, 5) is 16.1. The Bertz CT molecular complexity index is 705. The van der Waals surface area contributed by atoms with E-state index in [1.807, 2.05) is 6.92 Å². The number of benzene rings is 1. The minimum atomic E-state index is -0.371. The fourth-order valence-electron chi connectivity index (χ4n) is 1.70. The average molecular weight is 326 g/mol. The summed E-state index contributed by atoms with van der Waals surface area (Å²) < 4.78 is 5.20. The highest BCUT2D eigenvalue weighted by atomic mass is 35.5. The van der Waals surface area contributed by atoms with Gasteiger partial charge >= 0.3 is 0 Å². The van der Waals surface area contributed by atoms with Crippen LogP contribution in [0, 0.1) is 6.92 Å². The number of methoxy groups -OCH3 is 1. The molecule has 1 aromatic heterocycles. The summed E-state index contributed by atoms with van der Waals surface area (Å²) in [5, 5.41) is 3.51. The molecule has 21 heavy (non-hydrogen) atoms. The first-order valence-corrected chi connectivity index (χ1v) is 6.74. The zero-order valence-corrected chi connectivity index (χ0v) is 12.9. The normalized spacial score (nSPS) is 10.3. The summed E-state index contributed by atoms with van der Waals surface area (Å²) >= 11 is 11.9. The average Bonchev–Trinajstić information content (AvgIpc) is 2.45. The number of aryl methyl sites for hydroxylation is 1. The maximum Gasteiger partial charge on any atom is 0.257 e. The third-order valence-corrected chi connectivity index (χ3v) is 3.57. The molecule has 2 aromatic rings. The fraction of sp³-hybridized carbons (Fsp3) is 0.143. The van der Waals surface area contributed by atoms with Gasteiger partial charge in [0.1, 0.15) is 11.6 Å². The van der Waals surface area contributed by atoms with Gasteiger partial charge < -0.3 is 15.8 Å². The van der Waals surface area contributed by atoms with Crippen molar-refractivity contribution in [2.75, 3.05) is 18.2 Å². The first kappa shape index (κ1) is 15.4. The Kier molecular flexibility index (Phi) is 4.55. The quantitative estimate of drug-likeness (QED) is 0.904. The van der Waals surface area contributed by atoms with Gasteiger partial charge in [0.05, 0.1) is 23.4 Å². The van der Waals surface area contributed by atoms with Gasteiger partial charge in [-0.15, -0.1) is 0 Å². The monoisotopic (exact) mass is 325 g/mol. The van der Waals surface area contributed by atoms with Crippen molar-refractivity contribution >= 4 is 40.6 Å². The Balaban J connectivity index is 2.31. The van der Waals surface area contributed by atoms with Crippen molar-refractivity contribution in [2.45, 2.75) is 6.92 Å². The maximum atomic E-state index is 12.2. The van der Waals surface area contributed by atoms with E-state index in [-0.39, 0.29) is 16.7 Å². The molecule has 1 amide bonds. The summed E-state index contributed by atoms with van der Waals surface area (Å²) in [6.45, 7) is 1.83. The highest BCUT2D eigenvalue weighted by Gasteiger charge is 2.13. The summed E-state index contributed by atoms with van der Waals surface area (Å²) in [5.41, 5.74) is 7.14. The van der Waals surface area contributed by atoms with Crippen LogP contribution in [0.15, 0.2) is 24.4 Å². The molecule has 5 nitrogen and oxygen atoms in total. The van der Waals surface area contributed by atoms with E-state index in [2.05, 4.69) is 10.3 Å². The molecule has 0 saturated heterocycles. The number of anilines is 2. The Morgan fingerprint density at radius 1 is 1.29 bits per heavy atom. The number of nitrogens with two attached hydrogens (primary N) is 1. The lowest BCUT2D eigenvalue weighted by atomic mass is 10.2. The van der Waals surface area contributed by atoms with Crippen molar-refractivity contribution in [3.8, 4) is 5.75 Å². The number of hydrogen-bond donors (Lipinski definition) is 2. The first-order chi connectivity index (χ1) is 9.92. The number of amides is 1. The number of nitrogen functional groups attached to an aromatic ring is 1.